The van der Waals surface area contributed by atoms with Crippen LogP contribution in [0.5, 0.6) is 5.75 Å². The molecule has 0 amide bonds. The normalized spacial score (nSPS) is 16.0. The van der Waals surface area contributed by atoms with E-state index in [0.717, 1.165) is 38.3 Å². The fourth-order valence-electron chi connectivity index (χ4n) is 3.82. The molecule has 146 valence electrons. The summed E-state index contributed by atoms with van der Waals surface area (Å²) in [6.07, 6.45) is 3.49. The molecule has 1 aliphatic heterocycles. The highest BCUT2D eigenvalue weighted by Crippen LogP contribution is 2.24. The second kappa shape index (κ2) is 10.5. The van der Waals surface area contributed by atoms with Gasteiger partial charge in [0.05, 0.1) is 6.61 Å². The van der Waals surface area contributed by atoms with E-state index < -0.39 is 0 Å². The predicted molar refractivity (Wildman–Crippen MR) is 110 cm³/mol. The molecule has 0 aromatic heterocycles. The van der Waals surface area contributed by atoms with Crippen LogP contribution >= 0.6 is 0 Å². The molecule has 1 N–H and O–H groups in total. The van der Waals surface area contributed by atoms with Crippen molar-refractivity contribution in [2.75, 3.05) is 39.9 Å². The fourth-order valence-corrected chi connectivity index (χ4v) is 3.82. The minimum absolute atomic E-state index is 0.0427. The van der Waals surface area contributed by atoms with E-state index in [4.69, 9.17) is 9.84 Å². The minimum atomic E-state index is 0.0427. The molecule has 1 heterocycles. The highest BCUT2D eigenvalue weighted by Gasteiger charge is 2.24. The molecule has 1 fully saturated rings. The van der Waals surface area contributed by atoms with Crippen molar-refractivity contribution in [3.05, 3.63) is 65.7 Å². The molecule has 0 bridgehead atoms. The van der Waals surface area contributed by atoms with E-state index in [1.165, 1.54) is 24.0 Å². The van der Waals surface area contributed by atoms with Crippen LogP contribution in [0.25, 0.3) is 0 Å². The molecule has 2 aromatic carbocycles. The van der Waals surface area contributed by atoms with Gasteiger partial charge in [-0.2, -0.15) is 0 Å². The van der Waals surface area contributed by atoms with Crippen molar-refractivity contribution in [3.63, 3.8) is 0 Å². The largest absolute Gasteiger partial charge is 0.491 e. The van der Waals surface area contributed by atoms with Crippen LogP contribution in [0.15, 0.2) is 54.6 Å². The van der Waals surface area contributed by atoms with Crippen molar-refractivity contribution in [1.82, 2.24) is 9.80 Å². The summed E-state index contributed by atoms with van der Waals surface area (Å²) in [4.78, 5) is 5.05. The van der Waals surface area contributed by atoms with E-state index in [1.54, 1.807) is 0 Å². The zero-order valence-corrected chi connectivity index (χ0v) is 16.4. The lowest BCUT2D eigenvalue weighted by Crippen LogP contribution is -2.44. The van der Waals surface area contributed by atoms with E-state index in [2.05, 4.69) is 59.3 Å². The lowest BCUT2D eigenvalue weighted by atomic mass is 10.0. The van der Waals surface area contributed by atoms with Gasteiger partial charge in [-0.05, 0) is 51.0 Å². The van der Waals surface area contributed by atoms with E-state index in [-0.39, 0.29) is 6.61 Å². The summed E-state index contributed by atoms with van der Waals surface area (Å²) in [6, 6.07) is 19.6. The maximum Gasteiger partial charge on any atom is 0.123 e. The molecular formula is C23H32N2O2. The van der Waals surface area contributed by atoms with Crippen LogP contribution in [0.1, 0.15) is 24.0 Å². The van der Waals surface area contributed by atoms with E-state index in [1.807, 2.05) is 12.1 Å². The second-order valence-corrected chi connectivity index (χ2v) is 7.42. The molecule has 0 spiro atoms. The van der Waals surface area contributed by atoms with Gasteiger partial charge in [0.1, 0.15) is 12.4 Å². The topological polar surface area (TPSA) is 35.9 Å². The van der Waals surface area contributed by atoms with Crippen LogP contribution in [0.3, 0.4) is 0 Å². The Balaban J connectivity index is 1.71. The SMILES string of the molecule is CN1CCC(N(CCc2ccccc2)Cc2ccccc2OCCO)CC1. The van der Waals surface area contributed by atoms with Crippen LogP contribution in [-0.4, -0.2) is 60.8 Å². The molecule has 1 saturated heterocycles. The molecule has 1 aliphatic rings. The van der Waals surface area contributed by atoms with Gasteiger partial charge >= 0.3 is 0 Å². The Morgan fingerprint density at radius 2 is 1.74 bits per heavy atom. The number of aliphatic hydroxyl groups is 1. The molecule has 0 aliphatic carbocycles. The Kier molecular flexibility index (Phi) is 7.69. The quantitative estimate of drug-likeness (QED) is 0.737. The number of likely N-dealkylation sites (tertiary alicyclic amines) is 1. The number of benzene rings is 2. The Labute approximate surface area is 163 Å². The first kappa shape index (κ1) is 19.9. The van der Waals surface area contributed by atoms with Crippen LogP contribution in [0.4, 0.5) is 0 Å². The van der Waals surface area contributed by atoms with Crippen molar-refractivity contribution in [2.45, 2.75) is 31.8 Å². The highest BCUT2D eigenvalue weighted by atomic mass is 16.5. The first-order valence-electron chi connectivity index (χ1n) is 10.0. The summed E-state index contributed by atoms with van der Waals surface area (Å²) in [5, 5.41) is 9.10. The zero-order valence-electron chi connectivity index (χ0n) is 16.4. The van der Waals surface area contributed by atoms with Crippen molar-refractivity contribution in [1.29, 1.82) is 0 Å². The molecule has 0 atom stereocenters. The molecule has 27 heavy (non-hydrogen) atoms. The number of nitrogens with zero attached hydrogens (tertiary/aromatic N) is 2. The Bertz CT molecular complexity index is 669. The summed E-state index contributed by atoms with van der Waals surface area (Å²) in [6.45, 7) is 4.65. The van der Waals surface area contributed by atoms with Crippen LogP contribution in [0, 0.1) is 0 Å². The molecule has 0 saturated carbocycles. The highest BCUT2D eigenvalue weighted by molar-refractivity contribution is 5.33. The fraction of sp³-hybridized carbons (Fsp3) is 0.478. The molecule has 4 heteroatoms. The maximum atomic E-state index is 9.10. The number of aliphatic hydroxyl groups excluding tert-OH is 1. The first-order valence-corrected chi connectivity index (χ1v) is 10.0. The van der Waals surface area contributed by atoms with Crippen molar-refractivity contribution < 1.29 is 9.84 Å². The average Bonchev–Trinajstić information content (AvgIpc) is 2.72. The average molecular weight is 369 g/mol. The summed E-state index contributed by atoms with van der Waals surface area (Å²) in [7, 11) is 2.21. The minimum Gasteiger partial charge on any atom is -0.491 e. The predicted octanol–water partition coefficient (Wildman–Crippen LogP) is 3.20. The first-order chi connectivity index (χ1) is 13.3. The van der Waals surface area contributed by atoms with Crippen LogP contribution in [0.2, 0.25) is 0 Å². The molecular weight excluding hydrogens is 336 g/mol. The van der Waals surface area contributed by atoms with E-state index in [0.29, 0.717) is 12.6 Å². The third-order valence-corrected chi connectivity index (χ3v) is 5.43. The summed E-state index contributed by atoms with van der Waals surface area (Å²) in [5.74, 6) is 0.893. The summed E-state index contributed by atoms with van der Waals surface area (Å²) in [5.41, 5.74) is 2.60. The molecule has 3 rings (SSSR count). The smallest absolute Gasteiger partial charge is 0.123 e. The van der Waals surface area contributed by atoms with Gasteiger partial charge in [0, 0.05) is 24.7 Å². The van der Waals surface area contributed by atoms with Gasteiger partial charge in [-0.15, -0.1) is 0 Å². The molecule has 0 unspecified atom stereocenters. The van der Waals surface area contributed by atoms with Gasteiger partial charge in [-0.1, -0.05) is 48.5 Å². The van der Waals surface area contributed by atoms with Gasteiger partial charge in [0.25, 0.3) is 0 Å². The second-order valence-electron chi connectivity index (χ2n) is 7.42. The Morgan fingerprint density at radius 1 is 1.04 bits per heavy atom. The Hall–Kier alpha value is -1.88. The third kappa shape index (κ3) is 6.06. The van der Waals surface area contributed by atoms with Gasteiger partial charge in [-0.25, -0.2) is 0 Å². The maximum absolute atomic E-state index is 9.10. The zero-order chi connectivity index (χ0) is 18.9. The van der Waals surface area contributed by atoms with Gasteiger partial charge in [-0.3, -0.25) is 4.90 Å². The number of hydrogen-bond acceptors (Lipinski definition) is 4. The van der Waals surface area contributed by atoms with Crippen LogP contribution < -0.4 is 4.74 Å². The third-order valence-electron chi connectivity index (χ3n) is 5.43. The standard InChI is InChI=1S/C23H32N2O2/c1-24-14-12-22(13-15-24)25(16-11-20-7-3-2-4-8-20)19-21-9-5-6-10-23(21)27-18-17-26/h2-10,22,26H,11-19H2,1H3. The number of rotatable bonds is 9. The number of para-hydroxylation sites is 1. The lowest BCUT2D eigenvalue weighted by Gasteiger charge is -2.37. The number of hydrogen-bond donors (Lipinski definition) is 1. The summed E-state index contributed by atoms with van der Waals surface area (Å²) < 4.78 is 5.77. The van der Waals surface area contributed by atoms with Crippen molar-refractivity contribution >= 4 is 0 Å². The number of piperidine rings is 1. The monoisotopic (exact) mass is 368 g/mol. The molecule has 0 radical (unpaired) electrons. The van der Waals surface area contributed by atoms with Gasteiger partial charge in [0.15, 0.2) is 0 Å². The number of ether oxygens (including phenoxy) is 1. The van der Waals surface area contributed by atoms with Gasteiger partial charge < -0.3 is 14.7 Å². The Morgan fingerprint density at radius 3 is 2.48 bits per heavy atom. The van der Waals surface area contributed by atoms with Crippen molar-refractivity contribution in [2.24, 2.45) is 0 Å². The van der Waals surface area contributed by atoms with E-state index >= 15 is 0 Å². The molecule has 2 aromatic rings. The van der Waals surface area contributed by atoms with Gasteiger partial charge in [0.2, 0.25) is 0 Å². The lowest BCUT2D eigenvalue weighted by molar-refractivity contribution is 0.114. The van der Waals surface area contributed by atoms with E-state index in [9.17, 15) is 0 Å². The van der Waals surface area contributed by atoms with Crippen LogP contribution in [-0.2, 0) is 13.0 Å². The molecule has 4 nitrogen and oxygen atoms in total. The summed E-state index contributed by atoms with van der Waals surface area (Å²) >= 11 is 0. The van der Waals surface area contributed by atoms with Crippen molar-refractivity contribution in [3.8, 4) is 5.75 Å².